The van der Waals surface area contributed by atoms with Gasteiger partial charge in [-0.25, -0.2) is 0 Å². The third-order valence-electron chi connectivity index (χ3n) is 5.51. The number of allylic oxidation sites excluding steroid dienone is 5. The Bertz CT molecular complexity index is 802. The maximum atomic E-state index is 5.72. The van der Waals surface area contributed by atoms with Crippen LogP contribution >= 0.6 is 0 Å². The summed E-state index contributed by atoms with van der Waals surface area (Å²) in [5.74, 6) is 0. The maximum absolute atomic E-state index is 5.72. The Balaban J connectivity index is 2.98. The highest BCUT2D eigenvalue weighted by molar-refractivity contribution is 6.03. The number of aliphatic imine (C=N–C) groups is 1. The van der Waals surface area contributed by atoms with Crippen LogP contribution in [-0.4, -0.2) is 12.3 Å². The lowest BCUT2D eigenvalue weighted by Crippen LogP contribution is -2.17. The van der Waals surface area contributed by atoms with Crippen molar-refractivity contribution in [1.82, 2.24) is 0 Å². The Hall–Kier alpha value is -2.35. The molecular formula is C26H38N2. The van der Waals surface area contributed by atoms with E-state index in [-0.39, 0.29) is 5.41 Å². The lowest BCUT2D eigenvalue weighted by Gasteiger charge is -2.27. The summed E-state index contributed by atoms with van der Waals surface area (Å²) >= 11 is 0. The molecule has 0 aliphatic heterocycles. The molecule has 0 amide bonds. The van der Waals surface area contributed by atoms with Crippen LogP contribution in [-0.2, 0) is 5.41 Å². The maximum Gasteiger partial charge on any atom is 0.0576 e. The van der Waals surface area contributed by atoms with Crippen molar-refractivity contribution in [2.45, 2.75) is 66.7 Å². The Labute approximate surface area is 172 Å². The average molecular weight is 379 g/mol. The van der Waals surface area contributed by atoms with Crippen LogP contribution in [0.5, 0.6) is 0 Å². The Morgan fingerprint density at radius 3 is 2.43 bits per heavy atom. The van der Waals surface area contributed by atoms with E-state index >= 15 is 0 Å². The molecule has 1 aromatic rings. The quantitative estimate of drug-likeness (QED) is 0.368. The predicted molar refractivity (Wildman–Crippen MR) is 127 cm³/mol. The molecule has 2 heteroatoms. The zero-order valence-corrected chi connectivity index (χ0v) is 18.9. The van der Waals surface area contributed by atoms with Gasteiger partial charge < -0.3 is 5.73 Å². The van der Waals surface area contributed by atoms with E-state index in [2.05, 4.69) is 89.5 Å². The smallest absolute Gasteiger partial charge is 0.0576 e. The largest absolute Gasteiger partial charge is 0.404 e. The molecule has 0 aliphatic carbocycles. The SMILES string of the molecule is C=C(C)C(=CN)C(CC)=NC/C=C\C=C(/C)c1cccc(C(C)(C)CC)c1C. The van der Waals surface area contributed by atoms with E-state index in [4.69, 9.17) is 5.73 Å². The molecule has 1 rings (SSSR count). The molecule has 0 fully saturated rings. The van der Waals surface area contributed by atoms with Crippen LogP contribution in [0, 0.1) is 6.92 Å². The van der Waals surface area contributed by atoms with E-state index in [0.717, 1.165) is 29.7 Å². The van der Waals surface area contributed by atoms with Crippen LogP contribution in [0.1, 0.15) is 71.1 Å². The van der Waals surface area contributed by atoms with Crippen LogP contribution < -0.4 is 5.73 Å². The predicted octanol–water partition coefficient (Wildman–Crippen LogP) is 6.91. The zero-order chi connectivity index (χ0) is 21.3. The topological polar surface area (TPSA) is 38.4 Å². The highest BCUT2D eigenvalue weighted by Crippen LogP contribution is 2.32. The number of rotatable bonds is 9. The minimum absolute atomic E-state index is 0.193. The fraction of sp³-hybridized carbons (Fsp3) is 0.423. The second-order valence-electron chi connectivity index (χ2n) is 8.00. The van der Waals surface area contributed by atoms with Gasteiger partial charge in [0.05, 0.1) is 6.54 Å². The van der Waals surface area contributed by atoms with Gasteiger partial charge in [-0.1, -0.05) is 70.7 Å². The van der Waals surface area contributed by atoms with Crippen molar-refractivity contribution in [3.63, 3.8) is 0 Å². The van der Waals surface area contributed by atoms with Crippen molar-refractivity contribution in [1.29, 1.82) is 0 Å². The van der Waals surface area contributed by atoms with E-state index in [1.165, 1.54) is 22.3 Å². The summed E-state index contributed by atoms with van der Waals surface area (Å²) in [6.07, 6.45) is 9.92. The Morgan fingerprint density at radius 1 is 1.21 bits per heavy atom. The first-order chi connectivity index (χ1) is 13.2. The molecular weight excluding hydrogens is 340 g/mol. The van der Waals surface area contributed by atoms with Gasteiger partial charge in [0.15, 0.2) is 0 Å². The third-order valence-corrected chi connectivity index (χ3v) is 5.51. The molecule has 152 valence electrons. The number of nitrogens with two attached hydrogens (primary N) is 1. The second-order valence-corrected chi connectivity index (χ2v) is 8.00. The first-order valence-electron chi connectivity index (χ1n) is 10.2. The summed E-state index contributed by atoms with van der Waals surface area (Å²) in [6.45, 7) is 20.0. The fourth-order valence-electron chi connectivity index (χ4n) is 3.38. The van der Waals surface area contributed by atoms with E-state index in [1.807, 2.05) is 6.92 Å². The van der Waals surface area contributed by atoms with E-state index in [0.29, 0.717) is 6.54 Å². The van der Waals surface area contributed by atoms with Crippen molar-refractivity contribution in [2.75, 3.05) is 6.54 Å². The molecule has 0 unspecified atom stereocenters. The number of benzene rings is 1. The number of nitrogens with zero attached hydrogens (tertiary/aromatic N) is 1. The van der Waals surface area contributed by atoms with Crippen LogP contribution in [0.15, 0.2) is 65.3 Å². The molecule has 0 spiro atoms. The number of hydrogen-bond acceptors (Lipinski definition) is 2. The highest BCUT2D eigenvalue weighted by atomic mass is 14.7. The summed E-state index contributed by atoms with van der Waals surface area (Å²) in [6, 6.07) is 6.64. The van der Waals surface area contributed by atoms with Gasteiger partial charge in [0.2, 0.25) is 0 Å². The van der Waals surface area contributed by atoms with Gasteiger partial charge in [0, 0.05) is 17.5 Å². The van der Waals surface area contributed by atoms with Gasteiger partial charge >= 0.3 is 0 Å². The summed E-state index contributed by atoms with van der Waals surface area (Å²) in [5, 5.41) is 0. The molecule has 0 atom stereocenters. The third kappa shape index (κ3) is 6.09. The minimum Gasteiger partial charge on any atom is -0.404 e. The summed E-state index contributed by atoms with van der Waals surface area (Å²) in [5.41, 5.74) is 14.2. The fourth-order valence-corrected chi connectivity index (χ4v) is 3.38. The molecule has 0 bridgehead atoms. The Morgan fingerprint density at radius 2 is 1.89 bits per heavy atom. The number of hydrogen-bond donors (Lipinski definition) is 1. The minimum atomic E-state index is 0.193. The molecule has 1 aromatic carbocycles. The molecule has 28 heavy (non-hydrogen) atoms. The zero-order valence-electron chi connectivity index (χ0n) is 18.9. The molecule has 0 heterocycles. The van der Waals surface area contributed by atoms with Gasteiger partial charge in [0.25, 0.3) is 0 Å². The molecule has 2 N–H and O–H groups in total. The standard InChI is InChI=1S/C26H38N2/c1-9-25(23(18-27)19(3)4)28-17-12-11-14-20(5)22-15-13-16-24(21(22)6)26(7,8)10-2/h11-16,18H,3,9-10,17,27H2,1-2,4-8H3/b12-11-,20-14+,23-18?,28-25?. The molecule has 0 aromatic heterocycles. The Kier molecular flexibility index (Phi) is 9.18. The van der Waals surface area contributed by atoms with E-state index < -0.39 is 0 Å². The monoisotopic (exact) mass is 378 g/mol. The summed E-state index contributed by atoms with van der Waals surface area (Å²) in [4.78, 5) is 4.67. The molecule has 0 radical (unpaired) electrons. The van der Waals surface area contributed by atoms with Gasteiger partial charge in [0.1, 0.15) is 0 Å². The van der Waals surface area contributed by atoms with Crippen LogP contribution in [0.3, 0.4) is 0 Å². The average Bonchev–Trinajstić information content (AvgIpc) is 2.66. The van der Waals surface area contributed by atoms with Crippen molar-refractivity contribution >= 4 is 11.3 Å². The second kappa shape index (κ2) is 10.8. The van der Waals surface area contributed by atoms with Gasteiger partial charge in [-0.3, -0.25) is 4.99 Å². The highest BCUT2D eigenvalue weighted by Gasteiger charge is 2.21. The first-order valence-corrected chi connectivity index (χ1v) is 10.2. The van der Waals surface area contributed by atoms with Crippen LogP contribution in [0.25, 0.3) is 5.57 Å². The summed E-state index contributed by atoms with van der Waals surface area (Å²) < 4.78 is 0. The van der Waals surface area contributed by atoms with Crippen LogP contribution in [0.4, 0.5) is 0 Å². The van der Waals surface area contributed by atoms with Crippen molar-refractivity contribution in [3.8, 4) is 0 Å². The van der Waals surface area contributed by atoms with E-state index in [1.54, 1.807) is 6.20 Å². The van der Waals surface area contributed by atoms with Gasteiger partial charge in [-0.15, -0.1) is 0 Å². The molecule has 2 nitrogen and oxygen atoms in total. The lowest BCUT2D eigenvalue weighted by molar-refractivity contribution is 0.503. The molecule has 0 aliphatic rings. The van der Waals surface area contributed by atoms with Crippen molar-refractivity contribution in [2.24, 2.45) is 10.7 Å². The molecule has 0 saturated carbocycles. The van der Waals surface area contributed by atoms with E-state index in [9.17, 15) is 0 Å². The van der Waals surface area contributed by atoms with Gasteiger partial charge in [-0.2, -0.15) is 0 Å². The van der Waals surface area contributed by atoms with Crippen LogP contribution in [0.2, 0.25) is 0 Å². The van der Waals surface area contributed by atoms with Crippen molar-refractivity contribution in [3.05, 3.63) is 77.0 Å². The first kappa shape index (κ1) is 23.7. The normalized spacial score (nSPS) is 14.0. The molecule has 0 saturated heterocycles. The summed E-state index contributed by atoms with van der Waals surface area (Å²) in [7, 11) is 0. The van der Waals surface area contributed by atoms with Gasteiger partial charge in [-0.05, 0) is 66.9 Å². The lowest BCUT2D eigenvalue weighted by atomic mass is 9.78. The van der Waals surface area contributed by atoms with Crippen molar-refractivity contribution < 1.29 is 0 Å².